The van der Waals surface area contributed by atoms with E-state index in [0.717, 1.165) is 6.07 Å². The Morgan fingerprint density at radius 3 is 2.50 bits per heavy atom. The molecule has 1 aliphatic heterocycles. The third-order valence-electron chi connectivity index (χ3n) is 4.42. The summed E-state index contributed by atoms with van der Waals surface area (Å²) in [5.74, 6) is -0.312. The Morgan fingerprint density at radius 2 is 1.85 bits per heavy atom. The summed E-state index contributed by atoms with van der Waals surface area (Å²) in [6.07, 6.45) is -0.979. The Hall–Kier alpha value is -2.83. The SMILES string of the molecule is CC1=C(C(=O)Nc2ccncc2)CC(C)N1c1ccccc1C(F)(F)F. The van der Waals surface area contributed by atoms with Crippen LogP contribution in [0.15, 0.2) is 60.1 Å². The van der Waals surface area contributed by atoms with Crippen molar-refractivity contribution in [3.8, 4) is 0 Å². The zero-order valence-electron chi connectivity index (χ0n) is 14.3. The highest BCUT2D eigenvalue weighted by molar-refractivity contribution is 6.05. The van der Waals surface area contributed by atoms with Gasteiger partial charge in [0.2, 0.25) is 0 Å². The molecular formula is C19H18F3N3O. The molecule has 1 aromatic carbocycles. The fraction of sp³-hybridized carbons (Fsp3) is 0.263. The summed E-state index contributed by atoms with van der Waals surface area (Å²) in [6, 6.07) is 8.49. The van der Waals surface area contributed by atoms with Gasteiger partial charge in [0, 0.05) is 41.8 Å². The second kappa shape index (κ2) is 6.82. The van der Waals surface area contributed by atoms with Crippen molar-refractivity contribution >= 4 is 17.3 Å². The van der Waals surface area contributed by atoms with Gasteiger partial charge in [0.05, 0.1) is 11.3 Å². The van der Waals surface area contributed by atoms with Crippen molar-refractivity contribution in [3.05, 3.63) is 65.6 Å². The van der Waals surface area contributed by atoms with E-state index in [1.54, 1.807) is 42.4 Å². The molecule has 0 spiro atoms. The molecule has 0 fully saturated rings. The van der Waals surface area contributed by atoms with E-state index < -0.39 is 11.7 Å². The molecule has 1 aromatic heterocycles. The molecule has 0 aliphatic carbocycles. The lowest BCUT2D eigenvalue weighted by molar-refractivity contribution is -0.137. The molecule has 2 heterocycles. The normalized spacial score (nSPS) is 17.6. The van der Waals surface area contributed by atoms with Crippen molar-refractivity contribution < 1.29 is 18.0 Å². The lowest BCUT2D eigenvalue weighted by atomic mass is 10.1. The maximum Gasteiger partial charge on any atom is 0.418 e. The lowest BCUT2D eigenvalue weighted by Crippen LogP contribution is -2.28. The monoisotopic (exact) mass is 361 g/mol. The van der Waals surface area contributed by atoms with Crippen molar-refractivity contribution in [1.29, 1.82) is 0 Å². The van der Waals surface area contributed by atoms with E-state index in [9.17, 15) is 18.0 Å². The van der Waals surface area contributed by atoms with Crippen LogP contribution < -0.4 is 10.2 Å². The number of alkyl halides is 3. The Bertz CT molecular complexity index is 847. The molecule has 0 saturated heterocycles. The highest BCUT2D eigenvalue weighted by atomic mass is 19.4. The van der Waals surface area contributed by atoms with Crippen molar-refractivity contribution in [1.82, 2.24) is 4.98 Å². The minimum absolute atomic E-state index is 0.0664. The number of hydrogen-bond acceptors (Lipinski definition) is 3. The summed E-state index contributed by atoms with van der Waals surface area (Å²) in [4.78, 5) is 18.1. The van der Waals surface area contributed by atoms with Crippen LogP contribution in [0.2, 0.25) is 0 Å². The van der Waals surface area contributed by atoms with Crippen LogP contribution in [0.3, 0.4) is 0 Å². The van der Waals surface area contributed by atoms with Gasteiger partial charge in [-0.2, -0.15) is 13.2 Å². The van der Waals surface area contributed by atoms with Gasteiger partial charge in [-0.1, -0.05) is 12.1 Å². The van der Waals surface area contributed by atoms with Crippen molar-refractivity contribution in [3.63, 3.8) is 0 Å². The summed E-state index contributed by atoms with van der Waals surface area (Å²) >= 11 is 0. The molecule has 1 unspecified atom stereocenters. The first kappa shape index (κ1) is 18.0. The van der Waals surface area contributed by atoms with Crippen LogP contribution in [-0.4, -0.2) is 16.9 Å². The number of benzene rings is 1. The molecule has 4 nitrogen and oxygen atoms in total. The van der Waals surface area contributed by atoms with Crippen LogP contribution in [0.4, 0.5) is 24.5 Å². The predicted molar refractivity (Wildman–Crippen MR) is 93.6 cm³/mol. The number of hydrogen-bond donors (Lipinski definition) is 1. The molecule has 1 amide bonds. The number of pyridine rings is 1. The highest BCUT2D eigenvalue weighted by Gasteiger charge is 2.38. The van der Waals surface area contributed by atoms with E-state index in [1.807, 2.05) is 6.92 Å². The average molecular weight is 361 g/mol. The highest BCUT2D eigenvalue weighted by Crippen LogP contribution is 2.41. The first-order valence-corrected chi connectivity index (χ1v) is 8.15. The second-order valence-corrected chi connectivity index (χ2v) is 6.19. The summed E-state index contributed by atoms with van der Waals surface area (Å²) < 4.78 is 40.1. The van der Waals surface area contributed by atoms with E-state index in [2.05, 4.69) is 10.3 Å². The van der Waals surface area contributed by atoms with Crippen molar-refractivity contribution in [2.45, 2.75) is 32.5 Å². The number of halogens is 3. The van der Waals surface area contributed by atoms with Gasteiger partial charge in [-0.25, -0.2) is 0 Å². The van der Waals surface area contributed by atoms with Gasteiger partial charge in [-0.3, -0.25) is 9.78 Å². The first-order chi connectivity index (χ1) is 12.3. The number of rotatable bonds is 3. The number of allylic oxidation sites excluding steroid dienone is 1. The van der Waals surface area contributed by atoms with Crippen LogP contribution in [0.5, 0.6) is 0 Å². The molecule has 3 rings (SSSR count). The number of carbonyl (C=O) groups is 1. The Morgan fingerprint density at radius 1 is 1.19 bits per heavy atom. The second-order valence-electron chi connectivity index (χ2n) is 6.19. The number of para-hydroxylation sites is 1. The van der Waals surface area contributed by atoms with Crippen LogP contribution in [0.1, 0.15) is 25.8 Å². The van der Waals surface area contributed by atoms with Crippen LogP contribution in [0, 0.1) is 0 Å². The maximum atomic E-state index is 13.4. The van der Waals surface area contributed by atoms with Crippen LogP contribution in [-0.2, 0) is 11.0 Å². The lowest BCUT2D eigenvalue weighted by Gasteiger charge is -2.28. The first-order valence-electron chi connectivity index (χ1n) is 8.15. The molecule has 1 atom stereocenters. The molecule has 1 aliphatic rings. The van der Waals surface area contributed by atoms with Gasteiger partial charge in [0.15, 0.2) is 0 Å². The van der Waals surface area contributed by atoms with Crippen LogP contribution in [0.25, 0.3) is 0 Å². The molecule has 136 valence electrons. The van der Waals surface area contributed by atoms with E-state index in [0.29, 0.717) is 23.4 Å². The van der Waals surface area contributed by atoms with Crippen molar-refractivity contribution in [2.75, 3.05) is 10.2 Å². The van der Waals surface area contributed by atoms with Gasteiger partial charge in [-0.05, 0) is 38.1 Å². The van der Waals surface area contributed by atoms with Gasteiger partial charge in [0.1, 0.15) is 0 Å². The van der Waals surface area contributed by atoms with Gasteiger partial charge in [-0.15, -0.1) is 0 Å². The Kier molecular flexibility index (Phi) is 4.71. The molecular weight excluding hydrogens is 343 g/mol. The smallest absolute Gasteiger partial charge is 0.341 e. The molecule has 7 heteroatoms. The summed E-state index contributed by atoms with van der Waals surface area (Å²) in [5, 5.41) is 2.77. The largest absolute Gasteiger partial charge is 0.418 e. The quantitative estimate of drug-likeness (QED) is 0.868. The Balaban J connectivity index is 1.94. The molecule has 2 aromatic rings. The number of aromatic nitrogens is 1. The minimum atomic E-state index is -4.46. The van der Waals surface area contributed by atoms with E-state index in [1.165, 1.54) is 12.1 Å². The van der Waals surface area contributed by atoms with Gasteiger partial charge >= 0.3 is 6.18 Å². The Labute approximate surface area is 149 Å². The fourth-order valence-corrected chi connectivity index (χ4v) is 3.25. The summed E-state index contributed by atoms with van der Waals surface area (Å²) in [7, 11) is 0. The zero-order valence-corrected chi connectivity index (χ0v) is 14.3. The third kappa shape index (κ3) is 3.42. The number of anilines is 2. The predicted octanol–water partition coefficient (Wildman–Crippen LogP) is 4.61. The third-order valence-corrected chi connectivity index (χ3v) is 4.42. The van der Waals surface area contributed by atoms with E-state index in [-0.39, 0.29) is 17.6 Å². The molecule has 26 heavy (non-hydrogen) atoms. The van der Waals surface area contributed by atoms with Gasteiger partial charge in [0.25, 0.3) is 5.91 Å². The fourth-order valence-electron chi connectivity index (χ4n) is 3.25. The summed E-state index contributed by atoms with van der Waals surface area (Å²) in [5.41, 5.74) is 0.956. The zero-order chi connectivity index (χ0) is 18.9. The van der Waals surface area contributed by atoms with Crippen molar-refractivity contribution in [2.24, 2.45) is 0 Å². The number of carbonyl (C=O) groups excluding carboxylic acids is 1. The maximum absolute atomic E-state index is 13.4. The minimum Gasteiger partial charge on any atom is -0.341 e. The summed E-state index contributed by atoms with van der Waals surface area (Å²) in [6.45, 7) is 3.49. The molecule has 1 N–H and O–H groups in total. The van der Waals surface area contributed by atoms with E-state index in [4.69, 9.17) is 0 Å². The standard InChI is InChI=1S/C19H18F3N3O/c1-12-11-15(18(26)24-14-7-9-23-10-8-14)13(2)25(12)17-6-4-3-5-16(17)19(20,21)22/h3-10,12H,11H2,1-2H3,(H,23,24,26). The van der Waals surface area contributed by atoms with Crippen LogP contribution >= 0.6 is 0 Å². The number of nitrogens with zero attached hydrogens (tertiary/aromatic N) is 2. The number of nitrogens with one attached hydrogen (secondary N) is 1. The number of amides is 1. The topological polar surface area (TPSA) is 45.2 Å². The molecule has 0 saturated carbocycles. The molecule has 0 radical (unpaired) electrons. The van der Waals surface area contributed by atoms with E-state index >= 15 is 0 Å². The molecule has 0 bridgehead atoms. The van der Waals surface area contributed by atoms with Gasteiger partial charge < -0.3 is 10.2 Å². The average Bonchev–Trinajstić information content (AvgIpc) is 2.89.